The highest BCUT2D eigenvalue weighted by molar-refractivity contribution is 9.10. The number of hydrogen-bond acceptors (Lipinski definition) is 3. The van der Waals surface area contributed by atoms with Crippen molar-refractivity contribution in [2.24, 2.45) is 5.92 Å². The number of nitrogens with zero attached hydrogens (tertiary/aromatic N) is 2. The number of carbonyl (C=O) groups excluding carboxylic acids is 1. The second kappa shape index (κ2) is 10.5. The molecule has 0 N–H and O–H groups in total. The van der Waals surface area contributed by atoms with Gasteiger partial charge in [0.1, 0.15) is 5.75 Å². The number of halogens is 1. The number of benzene rings is 1. The minimum Gasteiger partial charge on any atom is -0.496 e. The predicted molar refractivity (Wildman–Crippen MR) is 113 cm³/mol. The van der Waals surface area contributed by atoms with Gasteiger partial charge in [0.25, 0.3) is 0 Å². The Labute approximate surface area is 172 Å². The Morgan fingerprint density at radius 3 is 2.67 bits per heavy atom. The Morgan fingerprint density at radius 2 is 1.93 bits per heavy atom. The van der Waals surface area contributed by atoms with Crippen LogP contribution in [0, 0.1) is 5.92 Å². The van der Waals surface area contributed by atoms with Crippen LogP contribution >= 0.6 is 15.9 Å². The Kier molecular flexibility index (Phi) is 8.01. The van der Waals surface area contributed by atoms with Gasteiger partial charge in [-0.3, -0.25) is 4.79 Å². The van der Waals surface area contributed by atoms with E-state index in [9.17, 15) is 4.79 Å². The molecule has 5 heteroatoms. The summed E-state index contributed by atoms with van der Waals surface area (Å²) in [7, 11) is 1.67. The van der Waals surface area contributed by atoms with Gasteiger partial charge in [-0.25, -0.2) is 0 Å². The van der Waals surface area contributed by atoms with Crippen molar-refractivity contribution >= 4 is 21.8 Å². The number of methoxy groups -OCH3 is 1. The van der Waals surface area contributed by atoms with Crippen molar-refractivity contribution in [1.29, 1.82) is 0 Å². The van der Waals surface area contributed by atoms with Crippen molar-refractivity contribution in [3.8, 4) is 5.75 Å². The molecule has 3 rings (SSSR count). The lowest BCUT2D eigenvalue weighted by Gasteiger charge is -2.28. The van der Waals surface area contributed by atoms with Crippen LogP contribution in [-0.2, 0) is 11.2 Å². The lowest BCUT2D eigenvalue weighted by atomic mass is 9.89. The molecule has 1 saturated carbocycles. The summed E-state index contributed by atoms with van der Waals surface area (Å²) in [6, 6.07) is 6.06. The second-order valence-electron chi connectivity index (χ2n) is 8.01. The van der Waals surface area contributed by atoms with Gasteiger partial charge in [-0.05, 0) is 71.8 Å². The molecule has 0 aromatic heterocycles. The third-order valence-electron chi connectivity index (χ3n) is 6.03. The Morgan fingerprint density at radius 1 is 1.11 bits per heavy atom. The number of amides is 1. The second-order valence-corrected chi connectivity index (χ2v) is 8.86. The molecule has 2 aliphatic rings. The minimum absolute atomic E-state index is 0.293. The molecular formula is C22H33BrN2O2. The van der Waals surface area contributed by atoms with Gasteiger partial charge in [-0.15, -0.1) is 0 Å². The van der Waals surface area contributed by atoms with Crippen molar-refractivity contribution < 1.29 is 9.53 Å². The minimum atomic E-state index is 0.293. The van der Waals surface area contributed by atoms with Gasteiger partial charge in [0.05, 0.1) is 11.6 Å². The number of hydrogen-bond donors (Lipinski definition) is 0. The molecule has 0 bridgehead atoms. The molecule has 0 spiro atoms. The molecule has 27 heavy (non-hydrogen) atoms. The molecule has 150 valence electrons. The number of rotatable bonds is 6. The van der Waals surface area contributed by atoms with E-state index < -0.39 is 0 Å². The molecule has 4 nitrogen and oxygen atoms in total. The van der Waals surface area contributed by atoms with Crippen LogP contribution in [0.15, 0.2) is 22.7 Å². The first kappa shape index (κ1) is 20.7. The van der Waals surface area contributed by atoms with Gasteiger partial charge < -0.3 is 14.5 Å². The normalized spacial score (nSPS) is 19.7. The highest BCUT2D eigenvalue weighted by Gasteiger charge is 2.22. The van der Waals surface area contributed by atoms with Crippen LogP contribution < -0.4 is 4.74 Å². The molecule has 2 fully saturated rings. The van der Waals surface area contributed by atoms with E-state index >= 15 is 0 Å². The third kappa shape index (κ3) is 6.21. The summed E-state index contributed by atoms with van der Waals surface area (Å²) in [6.45, 7) is 5.22. The van der Waals surface area contributed by atoms with Gasteiger partial charge in [-0.1, -0.05) is 25.3 Å². The van der Waals surface area contributed by atoms with E-state index in [4.69, 9.17) is 4.74 Å². The van der Waals surface area contributed by atoms with Gasteiger partial charge in [0.15, 0.2) is 0 Å². The van der Waals surface area contributed by atoms with E-state index in [-0.39, 0.29) is 0 Å². The van der Waals surface area contributed by atoms with E-state index in [2.05, 4.69) is 31.8 Å². The molecule has 1 aliphatic carbocycles. The summed E-state index contributed by atoms with van der Waals surface area (Å²) in [5.41, 5.74) is 1.17. The van der Waals surface area contributed by atoms with Crippen LogP contribution in [0.4, 0.5) is 0 Å². The molecule has 1 heterocycles. The van der Waals surface area contributed by atoms with E-state index in [0.29, 0.717) is 12.3 Å². The van der Waals surface area contributed by atoms with Crippen molar-refractivity contribution in [1.82, 2.24) is 9.80 Å². The molecule has 0 radical (unpaired) electrons. The largest absolute Gasteiger partial charge is 0.496 e. The summed E-state index contributed by atoms with van der Waals surface area (Å²) >= 11 is 3.52. The molecule has 1 aromatic rings. The quantitative estimate of drug-likeness (QED) is 0.657. The Bertz CT molecular complexity index is 616. The fourth-order valence-corrected chi connectivity index (χ4v) is 5.00. The lowest BCUT2D eigenvalue weighted by Crippen LogP contribution is -2.37. The van der Waals surface area contributed by atoms with E-state index in [1.807, 2.05) is 12.1 Å². The predicted octanol–water partition coefficient (Wildman–Crippen LogP) is 4.50. The van der Waals surface area contributed by atoms with E-state index in [1.165, 1.54) is 44.2 Å². The van der Waals surface area contributed by atoms with Gasteiger partial charge in [-0.2, -0.15) is 0 Å². The fourth-order valence-electron chi connectivity index (χ4n) is 4.41. The maximum Gasteiger partial charge on any atom is 0.222 e. The van der Waals surface area contributed by atoms with Crippen molar-refractivity contribution in [2.75, 3.05) is 39.8 Å². The standard InChI is InChI=1S/C22H33BrN2O2/c1-27-21-10-8-18(16-20(21)23)9-11-22(26)25-13-5-12-24(14-15-25)17-19-6-3-2-4-7-19/h8,10,16,19H,2-7,9,11-15,17H2,1H3. The molecule has 0 unspecified atom stereocenters. The first-order valence-corrected chi connectivity index (χ1v) is 11.3. The van der Waals surface area contributed by atoms with E-state index in [1.54, 1.807) is 7.11 Å². The first-order valence-electron chi connectivity index (χ1n) is 10.5. The smallest absolute Gasteiger partial charge is 0.222 e. The molecule has 0 atom stereocenters. The molecule has 1 amide bonds. The SMILES string of the molecule is COc1ccc(CCC(=O)N2CCCN(CC3CCCCC3)CC2)cc1Br. The molecule has 1 saturated heterocycles. The van der Waals surface area contributed by atoms with Crippen molar-refractivity contribution in [2.45, 2.75) is 51.4 Å². The average molecular weight is 437 g/mol. The highest BCUT2D eigenvalue weighted by atomic mass is 79.9. The van der Waals surface area contributed by atoms with Crippen LogP contribution in [0.25, 0.3) is 0 Å². The highest BCUT2D eigenvalue weighted by Crippen LogP contribution is 2.26. The zero-order valence-corrected chi connectivity index (χ0v) is 18.2. The fraction of sp³-hybridized carbons (Fsp3) is 0.682. The van der Waals surface area contributed by atoms with Crippen LogP contribution in [0.5, 0.6) is 5.75 Å². The summed E-state index contributed by atoms with van der Waals surface area (Å²) in [4.78, 5) is 17.4. The number of ether oxygens (including phenoxy) is 1. The maximum atomic E-state index is 12.7. The summed E-state index contributed by atoms with van der Waals surface area (Å²) < 4.78 is 6.22. The molecular weight excluding hydrogens is 404 g/mol. The summed E-state index contributed by atoms with van der Waals surface area (Å²) in [5, 5.41) is 0. The van der Waals surface area contributed by atoms with Gasteiger partial charge in [0.2, 0.25) is 5.91 Å². The maximum absolute atomic E-state index is 12.7. The van der Waals surface area contributed by atoms with Crippen LogP contribution in [0.3, 0.4) is 0 Å². The number of carbonyl (C=O) groups is 1. The van der Waals surface area contributed by atoms with Crippen LogP contribution in [0.1, 0.15) is 50.5 Å². The summed E-state index contributed by atoms with van der Waals surface area (Å²) in [5.74, 6) is 2.01. The Balaban J connectivity index is 1.44. The monoisotopic (exact) mass is 436 g/mol. The summed E-state index contributed by atoms with van der Waals surface area (Å²) in [6.07, 6.45) is 9.50. The van der Waals surface area contributed by atoms with Crippen molar-refractivity contribution in [3.05, 3.63) is 28.2 Å². The van der Waals surface area contributed by atoms with Gasteiger partial charge >= 0.3 is 0 Å². The van der Waals surface area contributed by atoms with Crippen molar-refractivity contribution in [3.63, 3.8) is 0 Å². The Hall–Kier alpha value is -1.07. The lowest BCUT2D eigenvalue weighted by molar-refractivity contribution is -0.131. The third-order valence-corrected chi connectivity index (χ3v) is 6.65. The molecule has 1 aromatic carbocycles. The van der Waals surface area contributed by atoms with Crippen LogP contribution in [0.2, 0.25) is 0 Å². The molecule has 1 aliphatic heterocycles. The first-order chi connectivity index (χ1) is 13.2. The number of aryl methyl sites for hydroxylation is 1. The van der Waals surface area contributed by atoms with Gasteiger partial charge in [0, 0.05) is 32.6 Å². The van der Waals surface area contributed by atoms with E-state index in [0.717, 1.165) is 55.2 Å². The zero-order chi connectivity index (χ0) is 19.1. The van der Waals surface area contributed by atoms with Crippen LogP contribution in [-0.4, -0.2) is 55.5 Å². The average Bonchev–Trinajstić information content (AvgIpc) is 2.93. The zero-order valence-electron chi connectivity index (χ0n) is 16.6. The topological polar surface area (TPSA) is 32.8 Å².